The van der Waals surface area contributed by atoms with Crippen molar-refractivity contribution < 1.29 is 8.83 Å². The van der Waals surface area contributed by atoms with Gasteiger partial charge in [0.2, 0.25) is 0 Å². The smallest absolute Gasteiger partial charge is 0.182 e. The van der Waals surface area contributed by atoms with Crippen molar-refractivity contribution in [3.05, 3.63) is 168 Å². The molecule has 0 atom stereocenters. The Morgan fingerprint density at radius 1 is 0.750 bits per heavy atom. The van der Waals surface area contributed by atoms with Crippen molar-refractivity contribution in [1.82, 2.24) is 19.9 Å². The lowest BCUT2D eigenvalue weighted by Crippen LogP contribution is -2.15. The molecule has 0 unspecified atom stereocenters. The van der Waals surface area contributed by atoms with Crippen LogP contribution in [0, 0.1) is 0 Å². The Labute approximate surface area is 304 Å². The first-order chi connectivity index (χ1) is 25.4. The van der Waals surface area contributed by atoms with E-state index in [1.54, 1.807) is 0 Å². The third-order valence-electron chi connectivity index (χ3n) is 9.96. The maximum Gasteiger partial charge on any atom is 0.182 e. The van der Waals surface area contributed by atoms with Gasteiger partial charge in [0.25, 0.3) is 0 Å². The lowest BCUT2D eigenvalue weighted by molar-refractivity contribution is 0.539. The van der Waals surface area contributed by atoms with Gasteiger partial charge in [0, 0.05) is 44.4 Å². The van der Waals surface area contributed by atoms with E-state index in [0.29, 0.717) is 29.0 Å². The highest BCUT2D eigenvalue weighted by molar-refractivity contribution is 6.42. The summed E-state index contributed by atoms with van der Waals surface area (Å²) in [6, 6.07) is 30.8. The molecular weight excluding hydrogens is 639 g/mol. The van der Waals surface area contributed by atoms with Crippen molar-refractivity contribution >= 4 is 41.7 Å². The van der Waals surface area contributed by atoms with Gasteiger partial charge in [0.05, 0.1) is 0 Å². The fraction of sp³-hybridized carbons (Fsp3) is 0.111. The molecule has 4 aromatic carbocycles. The molecule has 0 bridgehead atoms. The Kier molecular flexibility index (Phi) is 8.27. The van der Waals surface area contributed by atoms with E-state index in [-0.39, 0.29) is 5.41 Å². The fourth-order valence-corrected chi connectivity index (χ4v) is 7.42. The van der Waals surface area contributed by atoms with Crippen LogP contribution in [0.15, 0.2) is 131 Å². The van der Waals surface area contributed by atoms with Crippen molar-refractivity contribution in [1.29, 1.82) is 0 Å². The van der Waals surface area contributed by atoms with E-state index in [1.165, 1.54) is 17.5 Å². The first-order valence-corrected chi connectivity index (χ1v) is 17.6. The second kappa shape index (κ2) is 13.1. The maximum atomic E-state index is 6.97. The molecule has 0 amide bonds. The number of rotatable bonds is 9. The standard InChI is InChI=1S/C45H37BN4O2/c1-7-30(29-20-21-33-36(24-29)45(4,5)35-22-23-37-41(38(33)35)51-26-47-37)39-31(8-2)32(9-3)40(52-39)34(25-46-6)44-49-42(27-16-12-10-13-17-27)48-43(50-44)28-18-14-11-15-19-28/h7-26,46H,2-3H2,1,4-6H3/b30-7-,34-25+. The van der Waals surface area contributed by atoms with Gasteiger partial charge in [-0.3, -0.25) is 0 Å². The lowest BCUT2D eigenvalue weighted by atomic mass is 9.79. The van der Waals surface area contributed by atoms with E-state index in [1.807, 2.05) is 85.8 Å². The Hall–Kier alpha value is -6.34. The zero-order valence-corrected chi connectivity index (χ0v) is 29.8. The van der Waals surface area contributed by atoms with Crippen LogP contribution in [-0.4, -0.2) is 27.2 Å². The lowest BCUT2D eigenvalue weighted by Gasteiger charge is -2.22. The van der Waals surface area contributed by atoms with E-state index < -0.39 is 0 Å². The third kappa shape index (κ3) is 5.28. The van der Waals surface area contributed by atoms with Crippen LogP contribution in [0.25, 0.3) is 68.3 Å². The largest absolute Gasteiger partial charge is 0.455 e. The highest BCUT2D eigenvalue weighted by Gasteiger charge is 2.38. The fourth-order valence-electron chi connectivity index (χ4n) is 7.42. The predicted molar refractivity (Wildman–Crippen MR) is 214 cm³/mol. The number of furan rings is 1. The number of hydrogen-bond donors (Lipinski definition) is 0. The van der Waals surface area contributed by atoms with Gasteiger partial charge in [0.1, 0.15) is 24.3 Å². The monoisotopic (exact) mass is 676 g/mol. The van der Waals surface area contributed by atoms with Gasteiger partial charge < -0.3 is 8.83 Å². The molecule has 52 heavy (non-hydrogen) atoms. The number of fused-ring (bicyclic) bond motifs is 5. The average molecular weight is 677 g/mol. The van der Waals surface area contributed by atoms with Gasteiger partial charge in [-0.1, -0.05) is 131 Å². The van der Waals surface area contributed by atoms with Gasteiger partial charge in [-0.2, -0.15) is 0 Å². The molecule has 7 heteroatoms. The van der Waals surface area contributed by atoms with Gasteiger partial charge in [-0.25, -0.2) is 19.9 Å². The van der Waals surface area contributed by atoms with Gasteiger partial charge in [0.15, 0.2) is 29.4 Å². The summed E-state index contributed by atoms with van der Waals surface area (Å²) in [6.07, 6.45) is 7.30. The van der Waals surface area contributed by atoms with Crippen LogP contribution >= 0.6 is 0 Å². The van der Waals surface area contributed by atoms with Crippen molar-refractivity contribution in [3.8, 4) is 33.9 Å². The maximum absolute atomic E-state index is 6.97. The Bertz CT molecular complexity index is 2520. The van der Waals surface area contributed by atoms with Crippen molar-refractivity contribution in [2.75, 3.05) is 0 Å². The third-order valence-corrected chi connectivity index (χ3v) is 9.96. The molecule has 0 radical (unpaired) electrons. The Morgan fingerprint density at radius 2 is 1.38 bits per heavy atom. The summed E-state index contributed by atoms with van der Waals surface area (Å²) in [5.74, 6) is 5.13. The van der Waals surface area contributed by atoms with Gasteiger partial charge in [-0.15, -0.1) is 5.98 Å². The van der Waals surface area contributed by atoms with Crippen LogP contribution in [0.1, 0.15) is 65.9 Å². The zero-order chi connectivity index (χ0) is 36.0. The summed E-state index contributed by atoms with van der Waals surface area (Å²) >= 11 is 0. The van der Waals surface area contributed by atoms with Crippen LogP contribution < -0.4 is 0 Å². The quantitative estimate of drug-likeness (QED) is 0.142. The summed E-state index contributed by atoms with van der Waals surface area (Å²) in [6.45, 7) is 17.1. The van der Waals surface area contributed by atoms with E-state index in [4.69, 9.17) is 23.8 Å². The van der Waals surface area contributed by atoms with Crippen LogP contribution in [0.2, 0.25) is 6.82 Å². The summed E-state index contributed by atoms with van der Waals surface area (Å²) < 4.78 is 12.9. The van der Waals surface area contributed by atoms with E-state index >= 15 is 0 Å². The molecule has 0 fully saturated rings. The molecule has 0 saturated heterocycles. The van der Waals surface area contributed by atoms with Crippen LogP contribution in [-0.2, 0) is 5.41 Å². The topological polar surface area (TPSA) is 77.8 Å². The number of nitrogens with zero attached hydrogens (tertiary/aromatic N) is 4. The average Bonchev–Trinajstić information content (AvgIpc) is 3.87. The number of oxazole rings is 1. The molecule has 1 aliphatic rings. The summed E-state index contributed by atoms with van der Waals surface area (Å²) in [4.78, 5) is 19.4. The zero-order valence-electron chi connectivity index (χ0n) is 29.8. The number of allylic oxidation sites excluding steroid dienone is 1. The molecule has 3 heterocycles. The minimum Gasteiger partial charge on any atom is -0.455 e. The van der Waals surface area contributed by atoms with Gasteiger partial charge in [-0.05, 0) is 41.3 Å². The van der Waals surface area contributed by atoms with E-state index in [0.717, 1.165) is 68.5 Å². The van der Waals surface area contributed by atoms with E-state index in [2.05, 4.69) is 75.1 Å². The second-order valence-electron chi connectivity index (χ2n) is 13.3. The summed E-state index contributed by atoms with van der Waals surface area (Å²) in [7, 11) is 0.730. The SMILES string of the molecule is C=Cc1c(/C(=C\C)c2ccc3c(c2)C(C)(C)c2ccc4ncoc4c2-3)oc(/C(=C\BC)c2nc(-c3ccccc3)nc(-c3ccccc3)n2)c1C=C. The molecule has 6 nitrogen and oxygen atoms in total. The molecular formula is C45H37BN4O2. The second-order valence-corrected chi connectivity index (χ2v) is 13.3. The first kappa shape index (κ1) is 32.8. The highest BCUT2D eigenvalue weighted by atomic mass is 16.3. The summed E-state index contributed by atoms with van der Waals surface area (Å²) in [5, 5.41) is 0. The summed E-state index contributed by atoms with van der Waals surface area (Å²) in [5.41, 5.74) is 12.4. The first-order valence-electron chi connectivity index (χ1n) is 17.6. The molecule has 7 aromatic rings. The highest BCUT2D eigenvalue weighted by Crippen LogP contribution is 2.52. The van der Waals surface area contributed by atoms with Crippen molar-refractivity contribution in [2.24, 2.45) is 0 Å². The van der Waals surface area contributed by atoms with Crippen LogP contribution in [0.5, 0.6) is 0 Å². The van der Waals surface area contributed by atoms with E-state index in [9.17, 15) is 0 Å². The molecule has 3 aromatic heterocycles. The van der Waals surface area contributed by atoms with Gasteiger partial charge >= 0.3 is 0 Å². The molecule has 0 spiro atoms. The molecule has 0 N–H and O–H groups in total. The van der Waals surface area contributed by atoms with Crippen molar-refractivity contribution in [2.45, 2.75) is 33.0 Å². The van der Waals surface area contributed by atoms with Crippen LogP contribution in [0.4, 0.5) is 0 Å². The molecule has 252 valence electrons. The van der Waals surface area contributed by atoms with Crippen LogP contribution in [0.3, 0.4) is 0 Å². The molecule has 1 aliphatic carbocycles. The Morgan fingerprint density at radius 3 is 1.98 bits per heavy atom. The number of aromatic nitrogens is 4. The van der Waals surface area contributed by atoms with Crippen molar-refractivity contribution in [3.63, 3.8) is 0 Å². The Balaban J connectivity index is 1.28. The molecule has 0 aliphatic heterocycles. The number of hydrogen-bond acceptors (Lipinski definition) is 6. The molecule has 8 rings (SSSR count). The minimum absolute atomic E-state index is 0.245. The predicted octanol–water partition coefficient (Wildman–Crippen LogP) is 10.9. The molecule has 0 saturated carbocycles. The number of benzene rings is 4. The normalized spacial score (nSPS) is 13.5. The minimum atomic E-state index is -0.245.